The molecule has 7 nitrogen and oxygen atoms in total. The fourth-order valence-corrected chi connectivity index (χ4v) is 4.19. The number of hydrogen-bond acceptors (Lipinski definition) is 4. The van der Waals surface area contributed by atoms with Crippen LogP contribution in [0.4, 0.5) is 18.9 Å². The number of carbonyl (C=O) groups excluding carboxylic acids is 2. The normalized spacial score (nSPS) is 19.2. The number of benzene rings is 1. The van der Waals surface area contributed by atoms with Crippen molar-refractivity contribution < 1.29 is 31.2 Å². The van der Waals surface area contributed by atoms with Crippen LogP contribution in [0.1, 0.15) is 26.7 Å². The van der Waals surface area contributed by atoms with Crippen molar-refractivity contribution in [1.82, 2.24) is 9.62 Å². The lowest BCUT2D eigenvalue weighted by Crippen LogP contribution is -2.51. The van der Waals surface area contributed by atoms with E-state index in [0.29, 0.717) is 5.69 Å². The predicted molar refractivity (Wildman–Crippen MR) is 95.9 cm³/mol. The molecular formula is C17H22F3N3O4S. The van der Waals surface area contributed by atoms with Crippen molar-refractivity contribution in [3.8, 4) is 0 Å². The van der Waals surface area contributed by atoms with Crippen LogP contribution >= 0.6 is 0 Å². The van der Waals surface area contributed by atoms with Crippen LogP contribution in [0.3, 0.4) is 0 Å². The first kappa shape index (κ1) is 22.2. The highest BCUT2D eigenvalue weighted by atomic mass is 32.2. The number of likely N-dealkylation sites (tertiary alicyclic amines) is 1. The van der Waals surface area contributed by atoms with Crippen LogP contribution in [-0.4, -0.2) is 50.4 Å². The lowest BCUT2D eigenvalue weighted by Gasteiger charge is -2.35. The zero-order chi connectivity index (χ0) is 21.1. The lowest BCUT2D eigenvalue weighted by molar-refractivity contribution is -0.188. The van der Waals surface area contributed by atoms with Gasteiger partial charge in [-0.05, 0) is 44.0 Å². The summed E-state index contributed by atoms with van der Waals surface area (Å²) in [7, 11) is -4.06. The third-order valence-electron chi connectivity index (χ3n) is 4.38. The van der Waals surface area contributed by atoms with E-state index < -0.39 is 40.6 Å². The molecule has 28 heavy (non-hydrogen) atoms. The lowest BCUT2D eigenvalue weighted by atomic mass is 9.97. The Morgan fingerprint density at radius 3 is 2.36 bits per heavy atom. The van der Waals surface area contributed by atoms with Gasteiger partial charge >= 0.3 is 6.18 Å². The Bertz CT molecular complexity index is 825. The Kier molecular flexibility index (Phi) is 6.71. The smallest absolute Gasteiger partial charge is 0.341 e. The number of halogens is 3. The van der Waals surface area contributed by atoms with Crippen LogP contribution in [0.15, 0.2) is 29.2 Å². The number of sulfonamides is 1. The highest BCUT2D eigenvalue weighted by Crippen LogP contribution is 2.33. The molecule has 2 rings (SSSR count). The Morgan fingerprint density at radius 1 is 1.21 bits per heavy atom. The van der Waals surface area contributed by atoms with Gasteiger partial charge in [0.25, 0.3) is 0 Å². The topological polar surface area (TPSA) is 95.6 Å². The molecule has 2 amide bonds. The first-order valence-electron chi connectivity index (χ1n) is 8.65. The Labute approximate surface area is 161 Å². The monoisotopic (exact) mass is 421 g/mol. The quantitative estimate of drug-likeness (QED) is 0.761. The minimum absolute atomic E-state index is 0.0476. The summed E-state index contributed by atoms with van der Waals surface area (Å²) in [6, 6.07) is 4.07. The van der Waals surface area contributed by atoms with E-state index in [9.17, 15) is 31.2 Å². The van der Waals surface area contributed by atoms with Crippen LogP contribution in [-0.2, 0) is 19.6 Å². The van der Waals surface area contributed by atoms with Crippen LogP contribution in [0.2, 0.25) is 0 Å². The van der Waals surface area contributed by atoms with Gasteiger partial charge in [-0.1, -0.05) is 0 Å². The molecule has 0 saturated carbocycles. The van der Waals surface area contributed by atoms with Crippen molar-refractivity contribution in [3.05, 3.63) is 24.3 Å². The second-order valence-electron chi connectivity index (χ2n) is 6.71. The summed E-state index contributed by atoms with van der Waals surface area (Å²) >= 11 is 0. The maximum atomic E-state index is 12.9. The summed E-state index contributed by atoms with van der Waals surface area (Å²) in [5, 5.41) is 2.49. The van der Waals surface area contributed by atoms with Crippen LogP contribution < -0.4 is 10.0 Å². The van der Waals surface area contributed by atoms with Gasteiger partial charge in [0.1, 0.15) is 0 Å². The second kappa shape index (κ2) is 8.48. The molecule has 0 aliphatic carbocycles. The molecule has 0 aromatic heterocycles. The molecule has 1 saturated heterocycles. The number of carbonyl (C=O) groups is 2. The number of alkyl halides is 3. The summed E-state index contributed by atoms with van der Waals surface area (Å²) in [4.78, 5) is 24.4. The molecule has 1 heterocycles. The molecule has 2 atom stereocenters. The SMILES string of the molecule is CC(=O)Nc1ccc(S(=O)(=O)N[C@@H](C)C(=O)N2CCC[C@@H](C(F)(F)F)C2)cc1. The third kappa shape index (κ3) is 5.68. The maximum absolute atomic E-state index is 12.9. The molecule has 1 aliphatic rings. The largest absolute Gasteiger partial charge is 0.393 e. The molecule has 1 aliphatic heterocycles. The van der Waals surface area contributed by atoms with Gasteiger partial charge in [0, 0.05) is 25.7 Å². The highest BCUT2D eigenvalue weighted by molar-refractivity contribution is 7.89. The van der Waals surface area contributed by atoms with E-state index in [1.807, 2.05) is 0 Å². The average molecular weight is 421 g/mol. The number of rotatable bonds is 5. The minimum atomic E-state index is -4.39. The zero-order valence-electron chi connectivity index (χ0n) is 15.4. The van der Waals surface area contributed by atoms with E-state index in [0.717, 1.165) is 4.90 Å². The molecule has 0 bridgehead atoms. The van der Waals surface area contributed by atoms with E-state index in [4.69, 9.17) is 0 Å². The Hall–Kier alpha value is -2.14. The number of piperidine rings is 1. The van der Waals surface area contributed by atoms with Gasteiger partial charge in [-0.2, -0.15) is 17.9 Å². The van der Waals surface area contributed by atoms with E-state index in [-0.39, 0.29) is 30.2 Å². The van der Waals surface area contributed by atoms with Gasteiger partial charge in [-0.3, -0.25) is 9.59 Å². The number of nitrogens with zero attached hydrogens (tertiary/aromatic N) is 1. The van der Waals surface area contributed by atoms with Crippen LogP contribution in [0.5, 0.6) is 0 Å². The molecule has 2 N–H and O–H groups in total. The van der Waals surface area contributed by atoms with E-state index in [1.54, 1.807) is 0 Å². The zero-order valence-corrected chi connectivity index (χ0v) is 16.2. The standard InChI is InChI=1S/C17H22F3N3O4S/c1-11(16(25)23-9-3-4-13(10-23)17(18,19)20)22-28(26,27)15-7-5-14(6-8-15)21-12(2)24/h5-8,11,13,22H,3-4,9-10H2,1-2H3,(H,21,24)/t11-,13+/m0/s1. The summed E-state index contributed by atoms with van der Waals surface area (Å²) < 4.78 is 65.8. The molecule has 0 radical (unpaired) electrons. The molecule has 1 aromatic rings. The molecule has 0 spiro atoms. The van der Waals surface area contributed by atoms with Crippen molar-refractivity contribution in [1.29, 1.82) is 0 Å². The van der Waals surface area contributed by atoms with Crippen molar-refractivity contribution in [2.24, 2.45) is 5.92 Å². The number of anilines is 1. The number of nitrogens with one attached hydrogen (secondary N) is 2. The first-order chi connectivity index (χ1) is 12.9. The summed E-state index contributed by atoms with van der Waals surface area (Å²) in [6.45, 7) is 2.29. The molecule has 0 unspecified atom stereocenters. The van der Waals surface area contributed by atoms with Crippen LogP contribution in [0.25, 0.3) is 0 Å². The number of amides is 2. The van der Waals surface area contributed by atoms with Gasteiger partial charge in [0.2, 0.25) is 21.8 Å². The Morgan fingerprint density at radius 2 is 1.82 bits per heavy atom. The predicted octanol–water partition coefficient (Wildman–Crippen LogP) is 2.11. The molecule has 1 fully saturated rings. The molecule has 1 aromatic carbocycles. The summed E-state index contributed by atoms with van der Waals surface area (Å²) in [5.41, 5.74) is 0.405. The van der Waals surface area contributed by atoms with Gasteiger partial charge in [-0.25, -0.2) is 8.42 Å². The van der Waals surface area contributed by atoms with E-state index in [2.05, 4.69) is 10.0 Å². The maximum Gasteiger partial charge on any atom is 0.393 e. The molecular weight excluding hydrogens is 399 g/mol. The van der Waals surface area contributed by atoms with Gasteiger partial charge in [-0.15, -0.1) is 0 Å². The second-order valence-corrected chi connectivity index (χ2v) is 8.43. The van der Waals surface area contributed by atoms with Gasteiger partial charge in [0.05, 0.1) is 16.9 Å². The summed E-state index contributed by atoms with van der Waals surface area (Å²) in [6.07, 6.45) is -4.23. The average Bonchev–Trinajstić information content (AvgIpc) is 2.60. The number of hydrogen-bond donors (Lipinski definition) is 2. The third-order valence-corrected chi connectivity index (χ3v) is 5.94. The first-order valence-corrected chi connectivity index (χ1v) is 10.1. The van der Waals surface area contributed by atoms with Crippen molar-refractivity contribution in [2.45, 2.75) is 43.8 Å². The van der Waals surface area contributed by atoms with Crippen LogP contribution in [0, 0.1) is 5.92 Å². The summed E-state index contributed by atoms with van der Waals surface area (Å²) in [5.74, 6) is -2.62. The Balaban J connectivity index is 2.04. The van der Waals surface area contributed by atoms with Gasteiger partial charge < -0.3 is 10.2 Å². The minimum Gasteiger partial charge on any atom is -0.341 e. The van der Waals surface area contributed by atoms with Crippen molar-refractivity contribution >= 4 is 27.5 Å². The highest BCUT2D eigenvalue weighted by Gasteiger charge is 2.43. The van der Waals surface area contributed by atoms with E-state index >= 15 is 0 Å². The fraction of sp³-hybridized carbons (Fsp3) is 0.529. The molecule has 156 valence electrons. The fourth-order valence-electron chi connectivity index (χ4n) is 2.99. The van der Waals surface area contributed by atoms with E-state index in [1.165, 1.54) is 38.1 Å². The van der Waals surface area contributed by atoms with Crippen molar-refractivity contribution in [2.75, 3.05) is 18.4 Å². The molecule has 11 heteroatoms. The van der Waals surface area contributed by atoms with Gasteiger partial charge in [0.15, 0.2) is 0 Å². The van der Waals surface area contributed by atoms with Crippen molar-refractivity contribution in [3.63, 3.8) is 0 Å².